The van der Waals surface area contributed by atoms with Crippen LogP contribution in [0.1, 0.15) is 63.5 Å². The third kappa shape index (κ3) is 4.20. The van der Waals surface area contributed by atoms with E-state index < -0.39 is 5.60 Å². The Bertz CT molecular complexity index is 1280. The number of nitrogens with zero attached hydrogens (tertiary/aromatic N) is 3. The molecule has 0 atom stereocenters. The maximum absolute atomic E-state index is 10.2. The molecule has 1 aromatic carbocycles. The number of piperidine rings is 1. The molecule has 5 rings (SSSR count). The summed E-state index contributed by atoms with van der Waals surface area (Å²) in [5.74, 6) is 0.983. The van der Waals surface area contributed by atoms with Gasteiger partial charge in [-0.3, -0.25) is 0 Å². The van der Waals surface area contributed by atoms with E-state index in [9.17, 15) is 5.11 Å². The van der Waals surface area contributed by atoms with E-state index in [-0.39, 0.29) is 0 Å². The van der Waals surface area contributed by atoms with Gasteiger partial charge < -0.3 is 19.6 Å². The Labute approximate surface area is 196 Å². The third-order valence-corrected chi connectivity index (χ3v) is 7.11. The molecule has 0 radical (unpaired) electrons. The lowest BCUT2D eigenvalue weighted by Gasteiger charge is -2.35. The molecule has 3 aromatic heterocycles. The first-order chi connectivity index (χ1) is 15.7. The lowest BCUT2D eigenvalue weighted by Crippen LogP contribution is -2.42. The number of fused-ring (bicyclic) bond motifs is 2. The molecule has 1 aliphatic heterocycles. The van der Waals surface area contributed by atoms with Gasteiger partial charge in [0.05, 0.1) is 11.3 Å². The first-order valence-electron chi connectivity index (χ1n) is 12.2. The number of hydrogen-bond donors (Lipinski definition) is 2. The molecule has 1 saturated heterocycles. The normalized spacial score (nSPS) is 16.5. The third-order valence-electron chi connectivity index (χ3n) is 7.11. The molecule has 0 bridgehead atoms. The summed E-state index contributed by atoms with van der Waals surface area (Å²) >= 11 is 0. The highest BCUT2D eigenvalue weighted by Crippen LogP contribution is 2.40. The Kier molecular flexibility index (Phi) is 5.58. The number of pyridine rings is 1. The number of aliphatic hydroxyl groups is 1. The Morgan fingerprint density at radius 2 is 1.91 bits per heavy atom. The molecule has 0 saturated carbocycles. The van der Waals surface area contributed by atoms with Gasteiger partial charge in [-0.1, -0.05) is 19.9 Å². The van der Waals surface area contributed by atoms with Gasteiger partial charge in [-0.25, -0.2) is 4.98 Å². The van der Waals surface area contributed by atoms with Gasteiger partial charge in [-0.2, -0.15) is 0 Å². The summed E-state index contributed by atoms with van der Waals surface area (Å²) in [6, 6.07) is 11.2. The average Bonchev–Trinajstić information content (AvgIpc) is 3.31. The highest BCUT2D eigenvalue weighted by atomic mass is 16.3. The van der Waals surface area contributed by atoms with Crippen LogP contribution in [0.3, 0.4) is 0 Å². The molecule has 0 amide bonds. The molecule has 1 aliphatic rings. The highest BCUT2D eigenvalue weighted by Gasteiger charge is 2.26. The second-order valence-electron chi connectivity index (χ2n) is 10.8. The van der Waals surface area contributed by atoms with Crippen molar-refractivity contribution in [3.05, 3.63) is 53.9 Å². The van der Waals surface area contributed by atoms with Crippen molar-refractivity contribution in [1.82, 2.24) is 19.4 Å². The average molecular weight is 445 g/mol. The molecule has 33 heavy (non-hydrogen) atoms. The Hall–Kier alpha value is -2.63. The maximum Gasteiger partial charge on any atom is 0.140 e. The van der Waals surface area contributed by atoms with Gasteiger partial charge in [-0.05, 0) is 87.0 Å². The number of H-pyrrole nitrogens is 1. The molecule has 5 nitrogen and oxygen atoms in total. The van der Waals surface area contributed by atoms with E-state index in [1.54, 1.807) is 0 Å². The van der Waals surface area contributed by atoms with Crippen LogP contribution in [-0.2, 0) is 7.05 Å². The molecule has 5 heteroatoms. The van der Waals surface area contributed by atoms with Crippen molar-refractivity contribution >= 4 is 21.9 Å². The predicted octanol–water partition coefficient (Wildman–Crippen LogP) is 5.80. The van der Waals surface area contributed by atoms with E-state index in [0.717, 1.165) is 38.1 Å². The van der Waals surface area contributed by atoms with Crippen molar-refractivity contribution in [2.75, 3.05) is 19.6 Å². The SMILES string of the molecule is CC(C)c1c(-c2cn(C)c3ncccc23)[nH]c2ccc(C3CCN(CC(C)(C)O)CC3)cc12. The van der Waals surface area contributed by atoms with Crippen LogP contribution in [0.5, 0.6) is 0 Å². The monoisotopic (exact) mass is 444 g/mol. The standard InChI is InChI=1S/C28H36N4O/c1-18(2)25-22-15-20(19-10-13-32(14-11-19)17-28(3,4)33)8-9-24(22)30-26(25)23-16-31(5)27-21(23)7-6-12-29-27/h6-9,12,15-16,18-19,30,33H,10-11,13-14,17H2,1-5H3. The van der Waals surface area contributed by atoms with E-state index in [0.29, 0.717) is 11.8 Å². The van der Waals surface area contributed by atoms with Crippen LogP contribution < -0.4 is 0 Å². The smallest absolute Gasteiger partial charge is 0.140 e. The summed E-state index contributed by atoms with van der Waals surface area (Å²) in [7, 11) is 2.07. The maximum atomic E-state index is 10.2. The van der Waals surface area contributed by atoms with Crippen molar-refractivity contribution < 1.29 is 5.11 Å². The minimum Gasteiger partial charge on any atom is -0.389 e. The van der Waals surface area contributed by atoms with E-state index in [1.807, 2.05) is 26.1 Å². The second-order valence-corrected chi connectivity index (χ2v) is 10.8. The number of aryl methyl sites for hydroxylation is 1. The summed E-state index contributed by atoms with van der Waals surface area (Å²) in [5, 5.41) is 12.7. The highest BCUT2D eigenvalue weighted by molar-refractivity contribution is 5.99. The molecule has 1 fully saturated rings. The Morgan fingerprint density at radius 3 is 2.61 bits per heavy atom. The number of likely N-dealkylation sites (tertiary alicyclic amines) is 1. The van der Waals surface area contributed by atoms with Crippen molar-refractivity contribution in [3.63, 3.8) is 0 Å². The molecule has 2 N–H and O–H groups in total. The van der Waals surface area contributed by atoms with Crippen LogP contribution in [0.15, 0.2) is 42.7 Å². The van der Waals surface area contributed by atoms with Crippen LogP contribution >= 0.6 is 0 Å². The zero-order valence-corrected chi connectivity index (χ0v) is 20.5. The minimum atomic E-state index is -0.628. The molecule has 0 unspecified atom stereocenters. The zero-order chi connectivity index (χ0) is 23.3. The van der Waals surface area contributed by atoms with Crippen LogP contribution in [0.25, 0.3) is 33.2 Å². The van der Waals surface area contributed by atoms with Crippen molar-refractivity contribution in [1.29, 1.82) is 0 Å². The Balaban J connectivity index is 1.51. The predicted molar refractivity (Wildman–Crippen MR) is 137 cm³/mol. The fourth-order valence-corrected chi connectivity index (χ4v) is 5.68. The van der Waals surface area contributed by atoms with Gasteiger partial charge >= 0.3 is 0 Å². The first-order valence-corrected chi connectivity index (χ1v) is 12.2. The van der Waals surface area contributed by atoms with E-state index >= 15 is 0 Å². The summed E-state index contributed by atoms with van der Waals surface area (Å²) < 4.78 is 2.12. The van der Waals surface area contributed by atoms with Gasteiger partial charge in [0, 0.05) is 47.8 Å². The number of nitrogens with one attached hydrogen (secondary N) is 1. The van der Waals surface area contributed by atoms with Gasteiger partial charge in [-0.15, -0.1) is 0 Å². The summed E-state index contributed by atoms with van der Waals surface area (Å²) in [6.07, 6.45) is 6.35. The minimum absolute atomic E-state index is 0.407. The number of hydrogen-bond acceptors (Lipinski definition) is 3. The lowest BCUT2D eigenvalue weighted by molar-refractivity contribution is 0.0282. The molecule has 174 valence electrons. The van der Waals surface area contributed by atoms with Crippen molar-refractivity contribution in [2.45, 2.75) is 58.0 Å². The van der Waals surface area contributed by atoms with Gasteiger partial charge in [0.2, 0.25) is 0 Å². The van der Waals surface area contributed by atoms with E-state index in [2.05, 4.69) is 70.8 Å². The number of benzene rings is 1. The second kappa shape index (κ2) is 8.30. The van der Waals surface area contributed by atoms with Gasteiger partial charge in [0.15, 0.2) is 0 Å². The number of β-amino-alcohol motifs (C(OH)–C–C–N with tert-alkyl or cyclic N) is 1. The fourth-order valence-electron chi connectivity index (χ4n) is 5.68. The number of aromatic nitrogens is 3. The topological polar surface area (TPSA) is 57.1 Å². The summed E-state index contributed by atoms with van der Waals surface area (Å²) in [5.41, 5.74) is 6.87. The first kappa shape index (κ1) is 22.2. The molecule has 4 heterocycles. The molecule has 4 aromatic rings. The fraction of sp³-hybridized carbons (Fsp3) is 0.464. The molecule has 0 spiro atoms. The molecular formula is C28H36N4O. The lowest BCUT2D eigenvalue weighted by atomic mass is 9.87. The summed E-state index contributed by atoms with van der Waals surface area (Å²) in [4.78, 5) is 10.7. The largest absolute Gasteiger partial charge is 0.389 e. The van der Waals surface area contributed by atoms with Crippen LogP contribution in [0.2, 0.25) is 0 Å². The van der Waals surface area contributed by atoms with Crippen LogP contribution in [0, 0.1) is 0 Å². The number of aromatic amines is 1. The number of rotatable bonds is 5. The van der Waals surface area contributed by atoms with E-state index in [4.69, 9.17) is 0 Å². The summed E-state index contributed by atoms with van der Waals surface area (Å²) in [6.45, 7) is 11.2. The van der Waals surface area contributed by atoms with Crippen LogP contribution in [-0.4, -0.2) is 49.8 Å². The van der Waals surface area contributed by atoms with E-state index in [1.165, 1.54) is 38.7 Å². The van der Waals surface area contributed by atoms with Gasteiger partial charge in [0.25, 0.3) is 0 Å². The quantitative estimate of drug-likeness (QED) is 0.409. The molecule has 0 aliphatic carbocycles. The van der Waals surface area contributed by atoms with Crippen molar-refractivity contribution in [3.8, 4) is 11.3 Å². The zero-order valence-electron chi connectivity index (χ0n) is 20.5. The van der Waals surface area contributed by atoms with Crippen molar-refractivity contribution in [2.24, 2.45) is 7.05 Å². The van der Waals surface area contributed by atoms with Gasteiger partial charge in [0.1, 0.15) is 5.65 Å². The van der Waals surface area contributed by atoms with Crippen LogP contribution in [0.4, 0.5) is 0 Å². The molecular weight excluding hydrogens is 408 g/mol. The Morgan fingerprint density at radius 1 is 1.15 bits per heavy atom.